The van der Waals surface area contributed by atoms with E-state index in [0.29, 0.717) is 6.54 Å². The van der Waals surface area contributed by atoms with Crippen LogP contribution in [0.5, 0.6) is 0 Å². The highest BCUT2D eigenvalue weighted by atomic mass is 16.5. The van der Waals surface area contributed by atoms with Gasteiger partial charge in [-0.3, -0.25) is 19.4 Å². The van der Waals surface area contributed by atoms with Gasteiger partial charge in [-0.2, -0.15) is 0 Å². The quantitative estimate of drug-likeness (QED) is 0.413. The van der Waals surface area contributed by atoms with Gasteiger partial charge in [0.25, 0.3) is 0 Å². The SMILES string of the molecule is COC(=O)[C@@H]1CCCN1CCCCNC(=O)[C@@H]1CCCN1CCCCN. The van der Waals surface area contributed by atoms with E-state index in [1.165, 1.54) is 7.11 Å². The van der Waals surface area contributed by atoms with E-state index < -0.39 is 0 Å². The van der Waals surface area contributed by atoms with Crippen LogP contribution in [0, 0.1) is 0 Å². The summed E-state index contributed by atoms with van der Waals surface area (Å²) in [5.41, 5.74) is 5.55. The van der Waals surface area contributed by atoms with Gasteiger partial charge in [-0.1, -0.05) is 0 Å². The zero-order chi connectivity index (χ0) is 18.8. The van der Waals surface area contributed by atoms with Crippen molar-refractivity contribution in [1.82, 2.24) is 15.1 Å². The molecule has 3 N–H and O–H groups in total. The Morgan fingerprint density at radius 3 is 2.27 bits per heavy atom. The number of methoxy groups -OCH3 is 1. The predicted molar refractivity (Wildman–Crippen MR) is 102 cm³/mol. The number of rotatable bonds is 11. The predicted octanol–water partition coefficient (Wildman–Crippen LogP) is 0.724. The monoisotopic (exact) mass is 368 g/mol. The van der Waals surface area contributed by atoms with Crippen molar-refractivity contribution >= 4 is 11.9 Å². The first-order valence-electron chi connectivity index (χ1n) is 10.2. The van der Waals surface area contributed by atoms with Crippen LogP contribution in [0.3, 0.4) is 0 Å². The van der Waals surface area contributed by atoms with Crippen LogP contribution in [0.1, 0.15) is 51.4 Å². The lowest BCUT2D eigenvalue weighted by molar-refractivity contribution is -0.145. The molecule has 0 aromatic heterocycles. The third kappa shape index (κ3) is 6.21. The van der Waals surface area contributed by atoms with Crippen LogP contribution >= 0.6 is 0 Å². The van der Waals surface area contributed by atoms with Crippen LogP contribution in [0.2, 0.25) is 0 Å². The Labute approximate surface area is 157 Å². The number of esters is 1. The molecule has 150 valence electrons. The van der Waals surface area contributed by atoms with Gasteiger partial charge in [0.2, 0.25) is 5.91 Å². The van der Waals surface area contributed by atoms with Gasteiger partial charge in [-0.05, 0) is 84.1 Å². The first kappa shape index (κ1) is 21.1. The van der Waals surface area contributed by atoms with E-state index in [1.54, 1.807) is 0 Å². The molecule has 2 fully saturated rings. The zero-order valence-corrected chi connectivity index (χ0v) is 16.3. The number of hydrogen-bond donors (Lipinski definition) is 2. The smallest absolute Gasteiger partial charge is 0.323 e. The van der Waals surface area contributed by atoms with Crippen LogP contribution in [0.25, 0.3) is 0 Å². The second kappa shape index (κ2) is 11.5. The second-order valence-electron chi connectivity index (χ2n) is 7.41. The lowest BCUT2D eigenvalue weighted by atomic mass is 10.2. The van der Waals surface area contributed by atoms with Crippen LogP contribution in [-0.2, 0) is 14.3 Å². The lowest BCUT2D eigenvalue weighted by Gasteiger charge is -2.24. The summed E-state index contributed by atoms with van der Waals surface area (Å²) in [6, 6.07) is -0.0368. The first-order valence-corrected chi connectivity index (χ1v) is 10.2. The summed E-state index contributed by atoms with van der Waals surface area (Å²) in [4.78, 5) is 28.7. The normalized spacial score (nSPS) is 24.1. The number of carbonyl (C=O) groups is 2. The summed E-state index contributed by atoms with van der Waals surface area (Å²) in [6.07, 6.45) is 8.02. The van der Waals surface area contributed by atoms with Gasteiger partial charge >= 0.3 is 5.97 Å². The summed E-state index contributed by atoms with van der Waals surface area (Å²) >= 11 is 0. The average molecular weight is 369 g/mol. The van der Waals surface area contributed by atoms with Crippen molar-refractivity contribution in [3.63, 3.8) is 0 Å². The molecule has 0 spiro atoms. The van der Waals surface area contributed by atoms with Crippen LogP contribution < -0.4 is 11.1 Å². The van der Waals surface area contributed by atoms with Crippen molar-refractivity contribution in [3.8, 4) is 0 Å². The van der Waals surface area contributed by atoms with Crippen LogP contribution in [0.15, 0.2) is 0 Å². The lowest BCUT2D eigenvalue weighted by Crippen LogP contribution is -2.44. The van der Waals surface area contributed by atoms with Gasteiger partial charge in [-0.15, -0.1) is 0 Å². The van der Waals surface area contributed by atoms with Gasteiger partial charge < -0.3 is 15.8 Å². The highest BCUT2D eigenvalue weighted by Gasteiger charge is 2.31. The number of nitrogens with one attached hydrogen (secondary N) is 1. The van der Waals surface area contributed by atoms with Crippen molar-refractivity contribution in [2.24, 2.45) is 5.73 Å². The van der Waals surface area contributed by atoms with Crippen molar-refractivity contribution in [2.75, 3.05) is 46.4 Å². The van der Waals surface area contributed by atoms with E-state index in [2.05, 4.69) is 15.1 Å². The van der Waals surface area contributed by atoms with E-state index >= 15 is 0 Å². The van der Waals surface area contributed by atoms with E-state index in [-0.39, 0.29) is 24.0 Å². The topological polar surface area (TPSA) is 87.9 Å². The van der Waals surface area contributed by atoms with Crippen LogP contribution in [0.4, 0.5) is 0 Å². The Bertz CT molecular complexity index is 447. The average Bonchev–Trinajstić information content (AvgIpc) is 3.30. The first-order chi connectivity index (χ1) is 12.7. The molecule has 0 aliphatic carbocycles. The maximum absolute atomic E-state index is 12.4. The van der Waals surface area contributed by atoms with Crippen molar-refractivity contribution in [2.45, 2.75) is 63.5 Å². The van der Waals surface area contributed by atoms with E-state index in [1.807, 2.05) is 0 Å². The molecular weight excluding hydrogens is 332 g/mol. The summed E-state index contributed by atoms with van der Waals surface area (Å²) in [6.45, 7) is 5.28. The number of carbonyl (C=O) groups excluding carboxylic acids is 2. The molecule has 26 heavy (non-hydrogen) atoms. The highest BCUT2D eigenvalue weighted by Crippen LogP contribution is 2.19. The van der Waals surface area contributed by atoms with Crippen molar-refractivity contribution in [3.05, 3.63) is 0 Å². The van der Waals surface area contributed by atoms with E-state index in [9.17, 15) is 9.59 Å². The van der Waals surface area contributed by atoms with Gasteiger partial charge in [-0.25, -0.2) is 0 Å². The maximum Gasteiger partial charge on any atom is 0.323 e. The van der Waals surface area contributed by atoms with E-state index in [0.717, 1.165) is 84.1 Å². The number of likely N-dealkylation sites (tertiary alicyclic amines) is 2. The Balaban J connectivity index is 1.60. The molecular formula is C19H36N4O3. The number of amides is 1. The molecule has 0 bridgehead atoms. The van der Waals surface area contributed by atoms with Gasteiger partial charge in [0.05, 0.1) is 13.2 Å². The number of nitrogens with zero attached hydrogens (tertiary/aromatic N) is 2. The fourth-order valence-electron chi connectivity index (χ4n) is 4.12. The maximum atomic E-state index is 12.4. The molecule has 0 unspecified atom stereocenters. The molecule has 2 heterocycles. The minimum atomic E-state index is -0.119. The summed E-state index contributed by atoms with van der Waals surface area (Å²) in [5.74, 6) is 0.0515. The molecule has 2 aliphatic heterocycles. The summed E-state index contributed by atoms with van der Waals surface area (Å²) in [5, 5.41) is 3.10. The minimum absolute atomic E-state index is 0.0371. The molecule has 0 saturated carbocycles. The Hall–Kier alpha value is -1.18. The molecule has 2 atom stereocenters. The molecule has 1 amide bonds. The Kier molecular flexibility index (Phi) is 9.36. The molecule has 2 aliphatic rings. The third-order valence-electron chi connectivity index (χ3n) is 5.57. The molecule has 0 aromatic carbocycles. The molecule has 0 radical (unpaired) electrons. The van der Waals surface area contributed by atoms with Gasteiger partial charge in [0, 0.05) is 6.54 Å². The molecule has 7 nitrogen and oxygen atoms in total. The highest BCUT2D eigenvalue weighted by molar-refractivity contribution is 5.82. The van der Waals surface area contributed by atoms with Gasteiger partial charge in [0.1, 0.15) is 6.04 Å². The largest absolute Gasteiger partial charge is 0.468 e. The number of unbranched alkanes of at least 4 members (excludes halogenated alkanes) is 2. The van der Waals surface area contributed by atoms with Crippen LogP contribution in [-0.4, -0.2) is 80.1 Å². The van der Waals surface area contributed by atoms with Crippen molar-refractivity contribution in [1.29, 1.82) is 0 Å². The number of nitrogens with two attached hydrogens (primary N) is 1. The fraction of sp³-hybridized carbons (Fsp3) is 0.895. The van der Waals surface area contributed by atoms with E-state index in [4.69, 9.17) is 10.5 Å². The summed E-state index contributed by atoms with van der Waals surface area (Å²) < 4.78 is 4.88. The number of hydrogen-bond acceptors (Lipinski definition) is 6. The Morgan fingerprint density at radius 2 is 1.62 bits per heavy atom. The molecule has 0 aromatic rings. The second-order valence-corrected chi connectivity index (χ2v) is 7.41. The molecule has 7 heteroatoms. The molecule has 2 saturated heterocycles. The van der Waals surface area contributed by atoms with Gasteiger partial charge in [0.15, 0.2) is 0 Å². The molecule has 2 rings (SSSR count). The van der Waals surface area contributed by atoms with Crippen molar-refractivity contribution < 1.29 is 14.3 Å². The zero-order valence-electron chi connectivity index (χ0n) is 16.3. The standard InChI is InChI=1S/C19H36N4O3/c1-26-19(25)17-9-7-15-23(17)13-5-3-11-21-18(24)16-8-6-14-22(16)12-4-2-10-20/h16-17H,2-15,20H2,1H3,(H,21,24)/t16-,17-/m0/s1. The minimum Gasteiger partial charge on any atom is -0.468 e. The third-order valence-corrected chi connectivity index (χ3v) is 5.57. The number of ether oxygens (including phenoxy) is 1. The summed E-state index contributed by atoms with van der Waals surface area (Å²) in [7, 11) is 1.46. The fourth-order valence-corrected chi connectivity index (χ4v) is 4.12. The Morgan fingerprint density at radius 1 is 1.00 bits per heavy atom.